The first-order chi connectivity index (χ1) is 6.42. The summed E-state index contributed by atoms with van der Waals surface area (Å²) in [4.78, 5) is 0. The Morgan fingerprint density at radius 2 is 2.31 bits per heavy atom. The molecule has 1 aliphatic carbocycles. The number of unbranched alkanes of at least 4 members (excludes halogenated alkanes) is 1. The molecule has 70 valence electrons. The smallest absolute Gasteiger partial charge is 0.128 e. The Balaban J connectivity index is 2.10. The number of rotatable bonds is 3. The molecule has 0 aromatic carbocycles. The van der Waals surface area contributed by atoms with E-state index >= 15 is 0 Å². The molecule has 2 aliphatic rings. The van der Waals surface area contributed by atoms with Gasteiger partial charge in [-0.3, -0.25) is 0 Å². The molecule has 0 spiro atoms. The van der Waals surface area contributed by atoms with Crippen molar-refractivity contribution in [3.8, 4) is 0 Å². The van der Waals surface area contributed by atoms with Crippen molar-refractivity contribution < 1.29 is 4.74 Å². The number of allylic oxidation sites excluding steroid dienone is 4. The molecule has 0 amide bonds. The van der Waals surface area contributed by atoms with Gasteiger partial charge < -0.3 is 4.74 Å². The van der Waals surface area contributed by atoms with Gasteiger partial charge >= 0.3 is 0 Å². The summed E-state index contributed by atoms with van der Waals surface area (Å²) < 4.78 is 5.54. The van der Waals surface area contributed by atoms with E-state index < -0.39 is 0 Å². The Kier molecular flexibility index (Phi) is 2.53. The van der Waals surface area contributed by atoms with Crippen LogP contribution in [0.2, 0.25) is 0 Å². The van der Waals surface area contributed by atoms with Crippen LogP contribution in [0.5, 0.6) is 0 Å². The van der Waals surface area contributed by atoms with Gasteiger partial charge in [-0.1, -0.05) is 19.4 Å². The minimum Gasteiger partial charge on any atom is -0.465 e. The summed E-state index contributed by atoms with van der Waals surface area (Å²) in [7, 11) is 0. The van der Waals surface area contributed by atoms with Crippen LogP contribution in [0.3, 0.4) is 0 Å². The Labute approximate surface area is 79.8 Å². The van der Waals surface area contributed by atoms with E-state index in [0.717, 1.165) is 0 Å². The van der Waals surface area contributed by atoms with Crippen molar-refractivity contribution in [3.63, 3.8) is 0 Å². The SMILES string of the molecule is CCCCC1=C2OC=CC=C2CC1. The summed E-state index contributed by atoms with van der Waals surface area (Å²) in [5, 5.41) is 0. The van der Waals surface area contributed by atoms with Crippen LogP contribution in [0.1, 0.15) is 39.0 Å². The van der Waals surface area contributed by atoms with Gasteiger partial charge in [-0.15, -0.1) is 0 Å². The lowest BCUT2D eigenvalue weighted by molar-refractivity contribution is 0.353. The van der Waals surface area contributed by atoms with Crippen LogP contribution in [0.25, 0.3) is 0 Å². The average molecular weight is 176 g/mol. The highest BCUT2D eigenvalue weighted by atomic mass is 16.5. The van der Waals surface area contributed by atoms with Crippen LogP contribution in [-0.2, 0) is 4.74 Å². The van der Waals surface area contributed by atoms with Gasteiger partial charge in [-0.25, -0.2) is 0 Å². The molecule has 1 aliphatic heterocycles. The Hall–Kier alpha value is -0.980. The van der Waals surface area contributed by atoms with E-state index in [1.54, 1.807) is 6.26 Å². The zero-order valence-corrected chi connectivity index (χ0v) is 8.18. The molecule has 1 heteroatoms. The standard InChI is InChI=1S/C12H16O/c1-2-3-5-10-7-8-11-6-4-9-13-12(10)11/h4,6,9H,2-3,5,7-8H2,1H3. The van der Waals surface area contributed by atoms with Crippen molar-refractivity contribution in [2.45, 2.75) is 39.0 Å². The third kappa shape index (κ3) is 1.69. The number of ether oxygens (including phenoxy) is 1. The molecule has 13 heavy (non-hydrogen) atoms. The third-order valence-electron chi connectivity index (χ3n) is 2.70. The van der Waals surface area contributed by atoms with Gasteiger partial charge in [0.25, 0.3) is 0 Å². The van der Waals surface area contributed by atoms with Gasteiger partial charge in [0.1, 0.15) is 5.76 Å². The van der Waals surface area contributed by atoms with Gasteiger partial charge in [0.2, 0.25) is 0 Å². The van der Waals surface area contributed by atoms with E-state index in [1.807, 2.05) is 6.08 Å². The summed E-state index contributed by atoms with van der Waals surface area (Å²) in [6, 6.07) is 0. The number of hydrogen-bond donors (Lipinski definition) is 0. The van der Waals surface area contributed by atoms with E-state index in [-0.39, 0.29) is 0 Å². The first kappa shape index (κ1) is 8.61. The van der Waals surface area contributed by atoms with Crippen molar-refractivity contribution in [1.82, 2.24) is 0 Å². The van der Waals surface area contributed by atoms with Crippen LogP contribution in [0, 0.1) is 0 Å². The third-order valence-corrected chi connectivity index (χ3v) is 2.70. The maximum absolute atomic E-state index is 5.54. The van der Waals surface area contributed by atoms with Crippen LogP contribution in [0.15, 0.2) is 35.3 Å². The van der Waals surface area contributed by atoms with Gasteiger partial charge in [-0.2, -0.15) is 0 Å². The second-order valence-electron chi connectivity index (χ2n) is 3.67. The molecule has 0 N–H and O–H groups in total. The zero-order valence-electron chi connectivity index (χ0n) is 8.18. The van der Waals surface area contributed by atoms with Crippen LogP contribution in [-0.4, -0.2) is 0 Å². The van der Waals surface area contributed by atoms with Crippen LogP contribution in [0.4, 0.5) is 0 Å². The van der Waals surface area contributed by atoms with Gasteiger partial charge in [0.05, 0.1) is 6.26 Å². The molecule has 0 unspecified atom stereocenters. The topological polar surface area (TPSA) is 9.23 Å². The largest absolute Gasteiger partial charge is 0.465 e. The fourth-order valence-corrected chi connectivity index (χ4v) is 1.95. The van der Waals surface area contributed by atoms with Crippen LogP contribution >= 0.6 is 0 Å². The summed E-state index contributed by atoms with van der Waals surface area (Å²) in [5.41, 5.74) is 2.92. The lowest BCUT2D eigenvalue weighted by atomic mass is 10.1. The molecule has 0 radical (unpaired) electrons. The predicted molar refractivity (Wildman–Crippen MR) is 54.1 cm³/mol. The van der Waals surface area contributed by atoms with Gasteiger partial charge in [-0.05, 0) is 42.9 Å². The molecule has 0 atom stereocenters. The molecule has 0 saturated carbocycles. The summed E-state index contributed by atoms with van der Waals surface area (Å²) in [6.07, 6.45) is 12.1. The van der Waals surface area contributed by atoms with Gasteiger partial charge in [0, 0.05) is 0 Å². The second-order valence-corrected chi connectivity index (χ2v) is 3.67. The van der Waals surface area contributed by atoms with E-state index in [4.69, 9.17) is 4.74 Å². The van der Waals surface area contributed by atoms with Crippen molar-refractivity contribution >= 4 is 0 Å². The second kappa shape index (κ2) is 3.82. The first-order valence-electron chi connectivity index (χ1n) is 5.16. The minimum absolute atomic E-state index is 1.18. The van der Waals surface area contributed by atoms with E-state index in [9.17, 15) is 0 Å². The minimum atomic E-state index is 1.18. The Morgan fingerprint density at radius 3 is 3.15 bits per heavy atom. The normalized spacial score (nSPS) is 19.9. The lowest BCUT2D eigenvalue weighted by Crippen LogP contribution is -1.92. The monoisotopic (exact) mass is 176 g/mol. The highest BCUT2D eigenvalue weighted by molar-refractivity contribution is 5.41. The molecule has 1 heterocycles. The van der Waals surface area contributed by atoms with Gasteiger partial charge in [0.15, 0.2) is 0 Å². The lowest BCUT2D eigenvalue weighted by Gasteiger charge is -2.09. The highest BCUT2D eigenvalue weighted by Crippen LogP contribution is 2.36. The zero-order chi connectivity index (χ0) is 9.10. The molecule has 0 aromatic rings. The molecule has 0 bridgehead atoms. The molecule has 0 aromatic heterocycles. The molecule has 1 nitrogen and oxygen atoms in total. The fourth-order valence-electron chi connectivity index (χ4n) is 1.95. The quantitative estimate of drug-likeness (QED) is 0.637. The van der Waals surface area contributed by atoms with E-state index in [0.29, 0.717) is 0 Å². The summed E-state index contributed by atoms with van der Waals surface area (Å²) in [5.74, 6) is 1.18. The van der Waals surface area contributed by atoms with Crippen LogP contribution < -0.4 is 0 Å². The molecular weight excluding hydrogens is 160 g/mol. The summed E-state index contributed by atoms with van der Waals surface area (Å²) in [6.45, 7) is 2.23. The maximum Gasteiger partial charge on any atom is 0.128 e. The van der Waals surface area contributed by atoms with Crippen molar-refractivity contribution in [2.24, 2.45) is 0 Å². The Bertz CT molecular complexity index is 281. The fraction of sp³-hybridized carbons (Fsp3) is 0.500. The van der Waals surface area contributed by atoms with Crippen molar-refractivity contribution in [3.05, 3.63) is 35.3 Å². The Morgan fingerprint density at radius 1 is 1.38 bits per heavy atom. The van der Waals surface area contributed by atoms with Crippen molar-refractivity contribution in [2.75, 3.05) is 0 Å². The number of hydrogen-bond acceptors (Lipinski definition) is 1. The van der Waals surface area contributed by atoms with E-state index in [2.05, 4.69) is 13.0 Å². The maximum atomic E-state index is 5.54. The average Bonchev–Trinajstić information content (AvgIpc) is 2.58. The number of fused-ring (bicyclic) bond motifs is 1. The highest BCUT2D eigenvalue weighted by Gasteiger charge is 2.21. The first-order valence-corrected chi connectivity index (χ1v) is 5.16. The summed E-state index contributed by atoms with van der Waals surface area (Å²) >= 11 is 0. The van der Waals surface area contributed by atoms with Crippen molar-refractivity contribution in [1.29, 1.82) is 0 Å². The van der Waals surface area contributed by atoms with E-state index in [1.165, 1.54) is 49.0 Å². The molecule has 2 rings (SSSR count). The molecule has 0 fully saturated rings. The predicted octanol–water partition coefficient (Wildman–Crippen LogP) is 3.69. The molecule has 0 saturated heterocycles. The molecular formula is C12H16O.